The van der Waals surface area contributed by atoms with Crippen molar-refractivity contribution in [1.82, 2.24) is 0 Å². The molecule has 0 fully saturated rings. The van der Waals surface area contributed by atoms with Crippen molar-refractivity contribution in [3.63, 3.8) is 0 Å². The molecule has 0 spiro atoms. The summed E-state index contributed by atoms with van der Waals surface area (Å²) in [4.78, 5) is 12.2. The molecule has 0 radical (unpaired) electrons. The lowest BCUT2D eigenvalue weighted by atomic mass is 9.88. The number of carbonyl (C=O) groups excluding carboxylic acids is 1. The van der Waals surface area contributed by atoms with Crippen LogP contribution < -0.4 is 4.74 Å². The van der Waals surface area contributed by atoms with Gasteiger partial charge < -0.3 is 9.84 Å². The molecule has 0 saturated heterocycles. The monoisotopic (exact) mass is 250 g/mol. The summed E-state index contributed by atoms with van der Waals surface area (Å²) >= 11 is 0. The van der Waals surface area contributed by atoms with Gasteiger partial charge in [-0.1, -0.05) is 13.8 Å². The molecular weight excluding hydrogens is 228 g/mol. The van der Waals surface area contributed by atoms with Crippen molar-refractivity contribution in [2.24, 2.45) is 0 Å². The Hall–Kier alpha value is -1.35. The average molecular weight is 250 g/mol. The number of benzene rings is 1. The van der Waals surface area contributed by atoms with E-state index < -0.39 is 5.60 Å². The van der Waals surface area contributed by atoms with Crippen LogP contribution in [0, 0.1) is 0 Å². The zero-order valence-corrected chi connectivity index (χ0v) is 11.6. The van der Waals surface area contributed by atoms with Gasteiger partial charge in [0.25, 0.3) is 0 Å². The highest BCUT2D eigenvalue weighted by atomic mass is 16.5. The predicted molar refractivity (Wildman–Crippen MR) is 72.1 cm³/mol. The summed E-state index contributed by atoms with van der Waals surface area (Å²) in [6, 6.07) is 6.94. The van der Waals surface area contributed by atoms with Crippen LogP contribution in [-0.2, 0) is 0 Å². The molecule has 3 nitrogen and oxygen atoms in total. The first kappa shape index (κ1) is 14.7. The first-order valence-electron chi connectivity index (χ1n) is 6.46. The molecule has 18 heavy (non-hydrogen) atoms. The van der Waals surface area contributed by atoms with Gasteiger partial charge in [0.2, 0.25) is 0 Å². The van der Waals surface area contributed by atoms with Crippen molar-refractivity contribution >= 4 is 5.78 Å². The number of aliphatic hydroxyl groups is 1. The largest absolute Gasteiger partial charge is 0.491 e. The fourth-order valence-corrected chi connectivity index (χ4v) is 1.80. The number of hydrogen-bond acceptors (Lipinski definition) is 3. The van der Waals surface area contributed by atoms with Crippen LogP contribution in [0.3, 0.4) is 0 Å². The molecule has 0 atom stereocenters. The molecule has 0 heterocycles. The second kappa shape index (κ2) is 6.01. The third kappa shape index (κ3) is 3.33. The Morgan fingerprint density at radius 3 is 2.11 bits per heavy atom. The topological polar surface area (TPSA) is 46.5 Å². The lowest BCUT2D eigenvalue weighted by Crippen LogP contribution is -2.37. The molecule has 3 heteroatoms. The van der Waals surface area contributed by atoms with Gasteiger partial charge in [-0.2, -0.15) is 0 Å². The Morgan fingerprint density at radius 1 is 1.22 bits per heavy atom. The van der Waals surface area contributed by atoms with E-state index in [4.69, 9.17) is 4.74 Å². The number of Topliss-reactive ketones (excluding diaryl/α,β-unsaturated/α-hetero) is 1. The van der Waals surface area contributed by atoms with E-state index in [9.17, 15) is 9.90 Å². The van der Waals surface area contributed by atoms with Crippen LogP contribution in [-0.4, -0.2) is 22.6 Å². The van der Waals surface area contributed by atoms with Gasteiger partial charge in [-0.15, -0.1) is 0 Å². The molecule has 100 valence electrons. The highest BCUT2D eigenvalue weighted by molar-refractivity contribution is 6.02. The van der Waals surface area contributed by atoms with E-state index in [-0.39, 0.29) is 11.9 Å². The van der Waals surface area contributed by atoms with Crippen molar-refractivity contribution < 1.29 is 14.6 Å². The summed E-state index contributed by atoms with van der Waals surface area (Å²) in [5.41, 5.74) is -0.724. The SMILES string of the molecule is CCC(O)(CC)C(=O)c1ccc(OC(C)C)cc1. The van der Waals surface area contributed by atoms with Crippen LogP contribution in [0.1, 0.15) is 50.9 Å². The molecule has 0 amide bonds. The summed E-state index contributed by atoms with van der Waals surface area (Å²) in [5, 5.41) is 10.2. The van der Waals surface area contributed by atoms with Crippen molar-refractivity contribution in [3.8, 4) is 5.75 Å². The zero-order valence-electron chi connectivity index (χ0n) is 11.6. The maximum Gasteiger partial charge on any atom is 0.194 e. The summed E-state index contributed by atoms with van der Waals surface area (Å²) < 4.78 is 5.51. The second-order valence-corrected chi connectivity index (χ2v) is 4.76. The van der Waals surface area contributed by atoms with Gasteiger partial charge in [0.1, 0.15) is 11.4 Å². The molecule has 0 aromatic heterocycles. The standard InChI is InChI=1S/C15H22O3/c1-5-15(17,6-2)14(16)12-7-9-13(10-8-12)18-11(3)4/h7-11,17H,5-6H2,1-4H3. The first-order valence-corrected chi connectivity index (χ1v) is 6.46. The van der Waals surface area contributed by atoms with Crippen molar-refractivity contribution in [3.05, 3.63) is 29.8 Å². The third-order valence-corrected chi connectivity index (χ3v) is 3.08. The molecule has 1 aromatic rings. The quantitative estimate of drug-likeness (QED) is 0.789. The summed E-state index contributed by atoms with van der Waals surface area (Å²) in [6.45, 7) is 7.53. The fraction of sp³-hybridized carbons (Fsp3) is 0.533. The van der Waals surface area contributed by atoms with E-state index in [0.717, 1.165) is 5.75 Å². The molecule has 1 aromatic carbocycles. The zero-order chi connectivity index (χ0) is 13.8. The Labute approximate surface area is 109 Å². The molecule has 1 rings (SSSR count). The Kier molecular flexibility index (Phi) is 4.91. The number of rotatable bonds is 6. The Morgan fingerprint density at radius 2 is 1.72 bits per heavy atom. The number of carbonyl (C=O) groups is 1. The third-order valence-electron chi connectivity index (χ3n) is 3.08. The van der Waals surface area contributed by atoms with Crippen LogP contribution in [0.4, 0.5) is 0 Å². The predicted octanol–water partition coefficient (Wildman–Crippen LogP) is 3.21. The van der Waals surface area contributed by atoms with Crippen LogP contribution in [0.2, 0.25) is 0 Å². The van der Waals surface area contributed by atoms with Gasteiger partial charge in [0, 0.05) is 5.56 Å². The van der Waals surface area contributed by atoms with Gasteiger partial charge in [-0.05, 0) is 51.0 Å². The minimum atomic E-state index is -1.25. The van der Waals surface area contributed by atoms with Gasteiger partial charge in [0.15, 0.2) is 5.78 Å². The molecule has 0 aliphatic carbocycles. The van der Waals surface area contributed by atoms with E-state index in [1.165, 1.54) is 0 Å². The smallest absolute Gasteiger partial charge is 0.194 e. The van der Waals surface area contributed by atoms with Crippen molar-refractivity contribution in [2.45, 2.75) is 52.2 Å². The van der Waals surface area contributed by atoms with Crippen molar-refractivity contribution in [1.29, 1.82) is 0 Å². The van der Waals surface area contributed by atoms with Crippen LogP contribution >= 0.6 is 0 Å². The van der Waals surface area contributed by atoms with Crippen LogP contribution in [0.25, 0.3) is 0 Å². The Balaban J connectivity index is 2.88. The molecule has 1 N–H and O–H groups in total. The minimum Gasteiger partial charge on any atom is -0.491 e. The van der Waals surface area contributed by atoms with E-state index in [2.05, 4.69) is 0 Å². The molecular formula is C15H22O3. The first-order chi connectivity index (χ1) is 8.42. The summed E-state index contributed by atoms with van der Waals surface area (Å²) in [5.74, 6) is 0.515. The van der Waals surface area contributed by atoms with Gasteiger partial charge >= 0.3 is 0 Å². The van der Waals surface area contributed by atoms with E-state index in [1.54, 1.807) is 24.3 Å². The summed E-state index contributed by atoms with van der Waals surface area (Å²) in [6.07, 6.45) is 0.953. The molecule has 0 aliphatic rings. The molecule has 0 bridgehead atoms. The van der Waals surface area contributed by atoms with E-state index in [0.29, 0.717) is 18.4 Å². The van der Waals surface area contributed by atoms with Gasteiger partial charge in [-0.3, -0.25) is 4.79 Å². The molecule has 0 unspecified atom stereocenters. The highest BCUT2D eigenvalue weighted by Gasteiger charge is 2.32. The second-order valence-electron chi connectivity index (χ2n) is 4.76. The van der Waals surface area contributed by atoms with E-state index in [1.807, 2.05) is 27.7 Å². The maximum atomic E-state index is 12.2. The number of hydrogen-bond donors (Lipinski definition) is 1. The normalized spacial score (nSPS) is 11.7. The molecule has 0 saturated carbocycles. The summed E-state index contributed by atoms with van der Waals surface area (Å²) in [7, 11) is 0. The van der Waals surface area contributed by atoms with Crippen LogP contribution in [0.15, 0.2) is 24.3 Å². The lowest BCUT2D eigenvalue weighted by molar-refractivity contribution is 0.0277. The maximum absolute atomic E-state index is 12.2. The fourth-order valence-electron chi connectivity index (χ4n) is 1.80. The van der Waals surface area contributed by atoms with Gasteiger partial charge in [-0.25, -0.2) is 0 Å². The molecule has 0 aliphatic heterocycles. The number of ether oxygens (including phenoxy) is 1. The van der Waals surface area contributed by atoms with Crippen LogP contribution in [0.5, 0.6) is 5.75 Å². The number of ketones is 1. The average Bonchev–Trinajstić information content (AvgIpc) is 2.37. The van der Waals surface area contributed by atoms with Crippen molar-refractivity contribution in [2.75, 3.05) is 0 Å². The highest BCUT2D eigenvalue weighted by Crippen LogP contribution is 2.22. The lowest BCUT2D eigenvalue weighted by Gasteiger charge is -2.23. The van der Waals surface area contributed by atoms with E-state index >= 15 is 0 Å². The Bertz CT molecular complexity index is 389. The minimum absolute atomic E-state index is 0.106. The van der Waals surface area contributed by atoms with Gasteiger partial charge in [0.05, 0.1) is 6.10 Å².